The molecular weight excluding hydrogens is 182 g/mol. The number of nitrogens with zero attached hydrogens (tertiary/aromatic N) is 2. The monoisotopic (exact) mass is 195 g/mol. The van der Waals surface area contributed by atoms with Crippen molar-refractivity contribution in [3.05, 3.63) is 11.8 Å². The predicted octanol–water partition coefficient (Wildman–Crippen LogP) is 0.593. The zero-order chi connectivity index (χ0) is 9.97. The Morgan fingerprint density at radius 3 is 2.79 bits per heavy atom. The summed E-state index contributed by atoms with van der Waals surface area (Å²) in [6.45, 7) is 1.59. The van der Waals surface area contributed by atoms with Gasteiger partial charge in [0.05, 0.1) is 5.69 Å². The van der Waals surface area contributed by atoms with Crippen LogP contribution in [0.2, 0.25) is 0 Å². The molecule has 0 atom stereocenters. The molecule has 1 aliphatic rings. The zero-order valence-electron chi connectivity index (χ0n) is 7.85. The molecule has 1 amide bonds. The van der Waals surface area contributed by atoms with E-state index in [4.69, 9.17) is 10.3 Å². The Hall–Kier alpha value is -1.52. The molecule has 0 radical (unpaired) electrons. The number of hydrogen-bond donors (Lipinski definition) is 1. The highest BCUT2D eigenvalue weighted by Gasteiger charge is 2.22. The molecule has 2 rings (SSSR count). The summed E-state index contributed by atoms with van der Waals surface area (Å²) in [5, 5.41) is 3.88. The second-order valence-corrected chi connectivity index (χ2v) is 3.57. The van der Waals surface area contributed by atoms with Crippen LogP contribution in [-0.4, -0.2) is 29.6 Å². The number of aromatic nitrogens is 1. The van der Waals surface area contributed by atoms with E-state index in [-0.39, 0.29) is 0 Å². The third-order valence-corrected chi connectivity index (χ3v) is 2.64. The zero-order valence-corrected chi connectivity index (χ0v) is 7.85. The maximum absolute atomic E-state index is 10.5. The standard InChI is InChI=1S/C9H13N3O2/c10-9-5-8(11-14-9)7-1-3-12(6-13)4-2-7/h5-7H,1-4,10H2. The number of nitrogen functional groups attached to an aromatic ring is 1. The normalized spacial score (nSPS) is 18.4. The number of likely N-dealkylation sites (tertiary alicyclic amines) is 1. The van der Waals surface area contributed by atoms with E-state index in [9.17, 15) is 4.79 Å². The SMILES string of the molecule is Nc1cc(C2CCN(C=O)CC2)no1. The minimum Gasteiger partial charge on any atom is -0.368 e. The van der Waals surface area contributed by atoms with Gasteiger partial charge in [-0.15, -0.1) is 0 Å². The van der Waals surface area contributed by atoms with Crippen molar-refractivity contribution in [1.29, 1.82) is 0 Å². The number of anilines is 1. The van der Waals surface area contributed by atoms with Gasteiger partial charge in [0.25, 0.3) is 0 Å². The van der Waals surface area contributed by atoms with Crippen molar-refractivity contribution in [2.45, 2.75) is 18.8 Å². The van der Waals surface area contributed by atoms with Gasteiger partial charge in [-0.05, 0) is 12.8 Å². The summed E-state index contributed by atoms with van der Waals surface area (Å²) in [6, 6.07) is 1.77. The Kier molecular flexibility index (Phi) is 2.39. The van der Waals surface area contributed by atoms with Crippen LogP contribution < -0.4 is 5.73 Å². The van der Waals surface area contributed by atoms with E-state index in [0.29, 0.717) is 11.8 Å². The topological polar surface area (TPSA) is 72.4 Å². The van der Waals surface area contributed by atoms with Gasteiger partial charge in [-0.1, -0.05) is 5.16 Å². The molecule has 76 valence electrons. The molecule has 0 saturated carbocycles. The Bertz CT molecular complexity index is 316. The lowest BCUT2D eigenvalue weighted by atomic mass is 9.94. The van der Waals surface area contributed by atoms with Crippen LogP contribution in [0.1, 0.15) is 24.5 Å². The molecule has 1 aliphatic heterocycles. The molecule has 0 unspecified atom stereocenters. The summed E-state index contributed by atoms with van der Waals surface area (Å²) in [5.74, 6) is 0.741. The van der Waals surface area contributed by atoms with Crippen LogP contribution in [0.25, 0.3) is 0 Å². The average Bonchev–Trinajstić information content (AvgIpc) is 2.65. The molecule has 14 heavy (non-hydrogen) atoms. The lowest BCUT2D eigenvalue weighted by Crippen LogP contribution is -2.31. The van der Waals surface area contributed by atoms with Crippen molar-refractivity contribution in [1.82, 2.24) is 10.1 Å². The molecule has 1 aromatic rings. The van der Waals surface area contributed by atoms with Gasteiger partial charge < -0.3 is 15.2 Å². The third kappa shape index (κ3) is 1.71. The highest BCUT2D eigenvalue weighted by atomic mass is 16.5. The summed E-state index contributed by atoms with van der Waals surface area (Å²) < 4.78 is 4.82. The molecule has 5 heteroatoms. The first-order valence-electron chi connectivity index (χ1n) is 4.71. The van der Waals surface area contributed by atoms with E-state index >= 15 is 0 Å². The van der Waals surface area contributed by atoms with Gasteiger partial charge in [-0.2, -0.15) is 0 Å². The molecule has 5 nitrogen and oxygen atoms in total. The van der Waals surface area contributed by atoms with E-state index in [1.54, 1.807) is 11.0 Å². The van der Waals surface area contributed by atoms with Gasteiger partial charge in [-0.3, -0.25) is 4.79 Å². The maximum Gasteiger partial charge on any atom is 0.222 e. The second kappa shape index (κ2) is 3.69. The van der Waals surface area contributed by atoms with Crippen LogP contribution in [0.3, 0.4) is 0 Å². The Morgan fingerprint density at radius 1 is 1.57 bits per heavy atom. The molecular formula is C9H13N3O2. The summed E-state index contributed by atoms with van der Waals surface area (Å²) >= 11 is 0. The molecule has 0 aliphatic carbocycles. The van der Waals surface area contributed by atoms with Crippen molar-refractivity contribution in [3.63, 3.8) is 0 Å². The Labute approximate surface area is 81.8 Å². The highest BCUT2D eigenvalue weighted by Crippen LogP contribution is 2.27. The van der Waals surface area contributed by atoms with Crippen LogP contribution in [0.15, 0.2) is 10.6 Å². The predicted molar refractivity (Wildman–Crippen MR) is 50.5 cm³/mol. The first-order chi connectivity index (χ1) is 6.79. The minimum absolute atomic E-state index is 0.359. The average molecular weight is 195 g/mol. The quantitative estimate of drug-likeness (QED) is 0.701. The third-order valence-electron chi connectivity index (χ3n) is 2.64. The van der Waals surface area contributed by atoms with Crippen molar-refractivity contribution in [2.24, 2.45) is 0 Å². The summed E-state index contributed by atoms with van der Waals surface area (Å²) in [6.07, 6.45) is 2.77. The van der Waals surface area contributed by atoms with Gasteiger partial charge in [-0.25, -0.2) is 0 Å². The molecule has 0 spiro atoms. The fourth-order valence-electron chi connectivity index (χ4n) is 1.80. The van der Waals surface area contributed by atoms with Gasteiger partial charge in [0.15, 0.2) is 0 Å². The smallest absolute Gasteiger partial charge is 0.222 e. The van der Waals surface area contributed by atoms with Gasteiger partial charge >= 0.3 is 0 Å². The molecule has 0 bridgehead atoms. The number of rotatable bonds is 2. The Balaban J connectivity index is 1.98. The summed E-state index contributed by atoms with van der Waals surface area (Å²) in [4.78, 5) is 12.3. The van der Waals surface area contributed by atoms with Gasteiger partial charge in [0.2, 0.25) is 12.3 Å². The largest absolute Gasteiger partial charge is 0.368 e. The van der Waals surface area contributed by atoms with E-state index in [1.807, 2.05) is 0 Å². The number of amides is 1. The summed E-state index contributed by atoms with van der Waals surface area (Å²) in [7, 11) is 0. The number of carbonyl (C=O) groups is 1. The molecule has 1 saturated heterocycles. The van der Waals surface area contributed by atoms with Crippen LogP contribution in [0, 0.1) is 0 Å². The van der Waals surface area contributed by atoms with Crippen molar-refractivity contribution < 1.29 is 9.32 Å². The van der Waals surface area contributed by atoms with Gasteiger partial charge in [0, 0.05) is 25.1 Å². The molecule has 2 N–H and O–H groups in total. The molecule has 2 heterocycles. The molecule has 1 aromatic heterocycles. The number of piperidine rings is 1. The lowest BCUT2D eigenvalue weighted by molar-refractivity contribution is -0.119. The van der Waals surface area contributed by atoms with Gasteiger partial charge in [0.1, 0.15) is 0 Å². The van der Waals surface area contributed by atoms with E-state index in [2.05, 4.69) is 5.16 Å². The number of carbonyl (C=O) groups excluding carboxylic acids is 1. The first kappa shape index (κ1) is 9.05. The molecule has 1 fully saturated rings. The highest BCUT2D eigenvalue weighted by molar-refractivity contribution is 5.47. The van der Waals surface area contributed by atoms with Crippen LogP contribution >= 0.6 is 0 Å². The van der Waals surface area contributed by atoms with Crippen molar-refractivity contribution in [2.75, 3.05) is 18.8 Å². The van der Waals surface area contributed by atoms with Crippen LogP contribution in [-0.2, 0) is 4.79 Å². The van der Waals surface area contributed by atoms with Crippen LogP contribution in [0.5, 0.6) is 0 Å². The van der Waals surface area contributed by atoms with Crippen molar-refractivity contribution >= 4 is 12.3 Å². The number of nitrogens with two attached hydrogens (primary N) is 1. The molecule has 0 aromatic carbocycles. The van der Waals surface area contributed by atoms with E-state index < -0.39 is 0 Å². The number of hydrogen-bond acceptors (Lipinski definition) is 4. The maximum atomic E-state index is 10.5. The first-order valence-corrected chi connectivity index (χ1v) is 4.71. The lowest BCUT2D eigenvalue weighted by Gasteiger charge is -2.27. The van der Waals surface area contributed by atoms with E-state index in [1.165, 1.54) is 0 Å². The van der Waals surface area contributed by atoms with Crippen LogP contribution in [0.4, 0.5) is 5.88 Å². The second-order valence-electron chi connectivity index (χ2n) is 3.57. The minimum atomic E-state index is 0.359. The van der Waals surface area contributed by atoms with E-state index in [0.717, 1.165) is 38.0 Å². The Morgan fingerprint density at radius 2 is 2.29 bits per heavy atom. The fraction of sp³-hybridized carbons (Fsp3) is 0.556. The fourth-order valence-corrected chi connectivity index (χ4v) is 1.80. The van der Waals surface area contributed by atoms with Crippen molar-refractivity contribution in [3.8, 4) is 0 Å². The summed E-state index contributed by atoms with van der Waals surface area (Å²) in [5.41, 5.74) is 6.35.